The van der Waals surface area contributed by atoms with E-state index in [0.29, 0.717) is 11.0 Å². The molecule has 1 rings (SSSR count). The number of aromatic nitrogens is 2. The largest absolute Gasteiger partial charge is 0.435 e. The molecule has 1 aromatic rings. The summed E-state index contributed by atoms with van der Waals surface area (Å²) in [5, 5.41) is 9.15. The van der Waals surface area contributed by atoms with Crippen LogP contribution in [0.3, 0.4) is 0 Å². The minimum absolute atomic E-state index is 0.267. The van der Waals surface area contributed by atoms with Crippen molar-refractivity contribution in [3.8, 4) is 0 Å². The highest BCUT2D eigenvalue weighted by molar-refractivity contribution is 9.11. The first kappa shape index (κ1) is 12.0. The average Bonchev–Trinajstić information content (AvgIpc) is 2.14. The number of rotatable bonds is 3. The van der Waals surface area contributed by atoms with Gasteiger partial charge in [-0.05, 0) is 12.1 Å². The van der Waals surface area contributed by atoms with Gasteiger partial charge in [0.05, 0.1) is 0 Å². The Labute approximate surface area is 92.5 Å². The number of nitrogens with one attached hydrogen (secondary N) is 1. The van der Waals surface area contributed by atoms with Crippen molar-refractivity contribution in [3.63, 3.8) is 0 Å². The molecule has 0 saturated heterocycles. The number of hydrogen-bond acceptors (Lipinski definition) is 3. The van der Waals surface area contributed by atoms with Crippen LogP contribution >= 0.6 is 15.9 Å². The molecular weight excluding hydrogens is 275 g/mol. The fourth-order valence-corrected chi connectivity index (χ4v) is 0.904. The van der Waals surface area contributed by atoms with Gasteiger partial charge >= 0.3 is 6.18 Å². The Morgan fingerprint density at radius 1 is 1.40 bits per heavy atom. The summed E-state index contributed by atoms with van der Waals surface area (Å²) in [6, 6.07) is 2.08. The number of halogens is 4. The number of nitrogens with zero attached hydrogens (tertiary/aromatic N) is 2. The molecule has 0 saturated carbocycles. The van der Waals surface area contributed by atoms with Gasteiger partial charge in [-0.3, -0.25) is 0 Å². The van der Waals surface area contributed by atoms with E-state index in [4.69, 9.17) is 0 Å². The Kier molecular flexibility index (Phi) is 3.67. The number of anilines is 1. The monoisotopic (exact) mass is 281 g/mol. The molecule has 1 N–H and O–H groups in total. The van der Waals surface area contributed by atoms with E-state index < -0.39 is 11.9 Å². The smallest absolute Gasteiger partial charge is 0.364 e. The van der Waals surface area contributed by atoms with Crippen molar-refractivity contribution in [2.24, 2.45) is 0 Å². The lowest BCUT2D eigenvalue weighted by molar-refractivity contribution is -0.141. The summed E-state index contributed by atoms with van der Waals surface area (Å²) in [5.74, 6) is 0.267. The van der Waals surface area contributed by atoms with Gasteiger partial charge in [0.1, 0.15) is 5.82 Å². The molecule has 3 nitrogen and oxygen atoms in total. The van der Waals surface area contributed by atoms with Crippen LogP contribution in [0.5, 0.6) is 0 Å². The normalized spacial score (nSPS) is 11.2. The Morgan fingerprint density at radius 3 is 2.47 bits per heavy atom. The minimum Gasteiger partial charge on any atom is -0.364 e. The Balaban J connectivity index is 2.69. The molecule has 0 amide bonds. The molecule has 0 aliphatic carbocycles. The zero-order valence-corrected chi connectivity index (χ0v) is 9.06. The van der Waals surface area contributed by atoms with Gasteiger partial charge < -0.3 is 5.32 Å². The van der Waals surface area contributed by atoms with Gasteiger partial charge in [-0.1, -0.05) is 22.5 Å². The van der Waals surface area contributed by atoms with Gasteiger partial charge in [0.15, 0.2) is 5.69 Å². The van der Waals surface area contributed by atoms with Crippen LogP contribution in [-0.4, -0.2) is 16.7 Å². The highest BCUT2D eigenvalue weighted by Gasteiger charge is 2.32. The third-order valence-electron chi connectivity index (χ3n) is 1.42. The number of alkyl halides is 3. The second-order valence-corrected chi connectivity index (χ2v) is 3.79. The van der Waals surface area contributed by atoms with E-state index in [1.807, 2.05) is 0 Å². The van der Waals surface area contributed by atoms with E-state index in [1.54, 1.807) is 0 Å². The molecule has 0 radical (unpaired) electrons. The zero-order valence-electron chi connectivity index (χ0n) is 7.48. The molecular formula is C8H7BrF3N3. The summed E-state index contributed by atoms with van der Waals surface area (Å²) in [6.45, 7) is 3.93. The first-order valence-electron chi connectivity index (χ1n) is 3.87. The highest BCUT2D eigenvalue weighted by Crippen LogP contribution is 2.27. The predicted octanol–water partition coefficient (Wildman–Crippen LogP) is 2.82. The molecule has 0 unspecified atom stereocenters. The molecule has 7 heteroatoms. The summed E-state index contributed by atoms with van der Waals surface area (Å²) in [6.07, 6.45) is -4.45. The average molecular weight is 282 g/mol. The van der Waals surface area contributed by atoms with Gasteiger partial charge in [-0.2, -0.15) is 13.2 Å². The lowest BCUT2D eigenvalue weighted by atomic mass is 10.4. The quantitative estimate of drug-likeness (QED) is 0.926. The van der Waals surface area contributed by atoms with Crippen LogP contribution in [0.1, 0.15) is 5.69 Å². The van der Waals surface area contributed by atoms with Gasteiger partial charge in [-0.15, -0.1) is 10.2 Å². The third kappa shape index (κ3) is 3.86. The Hall–Kier alpha value is -1.11. The van der Waals surface area contributed by atoms with Crippen molar-refractivity contribution in [1.82, 2.24) is 10.2 Å². The zero-order chi connectivity index (χ0) is 11.5. The van der Waals surface area contributed by atoms with Crippen LogP contribution in [0.4, 0.5) is 19.0 Å². The van der Waals surface area contributed by atoms with Crippen molar-refractivity contribution in [3.05, 3.63) is 28.9 Å². The fraction of sp³-hybridized carbons (Fsp3) is 0.250. The summed E-state index contributed by atoms with van der Waals surface area (Å²) in [5.41, 5.74) is -1.01. The fourth-order valence-electron chi connectivity index (χ4n) is 0.764. The Morgan fingerprint density at radius 2 is 2.07 bits per heavy atom. The lowest BCUT2D eigenvalue weighted by Crippen LogP contribution is -2.10. The molecule has 0 spiro atoms. The van der Waals surface area contributed by atoms with E-state index >= 15 is 0 Å². The molecule has 0 bridgehead atoms. The van der Waals surface area contributed by atoms with Crippen molar-refractivity contribution >= 4 is 21.7 Å². The number of hydrogen-bond donors (Lipinski definition) is 1. The second kappa shape index (κ2) is 4.61. The van der Waals surface area contributed by atoms with Crippen LogP contribution in [0.2, 0.25) is 0 Å². The molecule has 0 aromatic carbocycles. The van der Waals surface area contributed by atoms with E-state index in [1.165, 1.54) is 6.07 Å². The molecule has 1 aromatic heterocycles. The third-order valence-corrected chi connectivity index (χ3v) is 1.70. The predicted molar refractivity (Wildman–Crippen MR) is 53.6 cm³/mol. The SMILES string of the molecule is C=C(Br)CNc1ccc(C(F)(F)F)nn1. The maximum absolute atomic E-state index is 12.1. The van der Waals surface area contributed by atoms with Crippen LogP contribution in [-0.2, 0) is 6.18 Å². The van der Waals surface area contributed by atoms with Crippen molar-refractivity contribution in [1.29, 1.82) is 0 Å². The van der Waals surface area contributed by atoms with E-state index in [2.05, 4.69) is 38.0 Å². The first-order chi connectivity index (χ1) is 6.89. The van der Waals surface area contributed by atoms with E-state index in [0.717, 1.165) is 6.07 Å². The second-order valence-electron chi connectivity index (χ2n) is 2.67. The summed E-state index contributed by atoms with van der Waals surface area (Å²) < 4.78 is 36.9. The van der Waals surface area contributed by atoms with Crippen molar-refractivity contribution < 1.29 is 13.2 Å². The topological polar surface area (TPSA) is 37.8 Å². The van der Waals surface area contributed by atoms with Crippen molar-refractivity contribution in [2.45, 2.75) is 6.18 Å². The lowest BCUT2D eigenvalue weighted by Gasteiger charge is -2.06. The highest BCUT2D eigenvalue weighted by atomic mass is 79.9. The van der Waals surface area contributed by atoms with Crippen molar-refractivity contribution in [2.75, 3.05) is 11.9 Å². The first-order valence-corrected chi connectivity index (χ1v) is 4.67. The van der Waals surface area contributed by atoms with Crippen LogP contribution < -0.4 is 5.32 Å². The maximum Gasteiger partial charge on any atom is 0.435 e. The molecule has 15 heavy (non-hydrogen) atoms. The molecule has 82 valence electrons. The van der Waals surface area contributed by atoms with E-state index in [9.17, 15) is 13.2 Å². The summed E-state index contributed by atoms with van der Waals surface area (Å²) in [7, 11) is 0. The Bertz CT molecular complexity index is 347. The maximum atomic E-state index is 12.1. The minimum atomic E-state index is -4.45. The van der Waals surface area contributed by atoms with Crippen LogP contribution in [0, 0.1) is 0 Å². The standard InChI is InChI=1S/C8H7BrF3N3/c1-5(9)4-13-7-3-2-6(14-15-7)8(10,11)12/h2-3H,1,4H2,(H,13,15). The van der Waals surface area contributed by atoms with Crippen LogP contribution in [0.15, 0.2) is 23.2 Å². The van der Waals surface area contributed by atoms with Gasteiger partial charge in [0, 0.05) is 11.0 Å². The molecule has 0 atom stereocenters. The molecule has 1 heterocycles. The van der Waals surface area contributed by atoms with Gasteiger partial charge in [0.2, 0.25) is 0 Å². The molecule has 0 aliphatic rings. The van der Waals surface area contributed by atoms with Crippen LogP contribution in [0.25, 0.3) is 0 Å². The van der Waals surface area contributed by atoms with Gasteiger partial charge in [-0.25, -0.2) is 0 Å². The van der Waals surface area contributed by atoms with E-state index in [-0.39, 0.29) is 5.82 Å². The molecule has 0 aliphatic heterocycles. The molecule has 0 fully saturated rings. The summed E-state index contributed by atoms with van der Waals surface area (Å²) >= 11 is 3.09. The van der Waals surface area contributed by atoms with Gasteiger partial charge in [0.25, 0.3) is 0 Å². The summed E-state index contributed by atoms with van der Waals surface area (Å²) in [4.78, 5) is 0.